The molecule has 0 aliphatic rings. The van der Waals surface area contributed by atoms with Gasteiger partial charge in [0.05, 0.1) is 6.61 Å². The molecule has 1 N–H and O–H groups in total. The summed E-state index contributed by atoms with van der Waals surface area (Å²) < 4.78 is 15.2. The lowest BCUT2D eigenvalue weighted by atomic mass is 10.2. The first-order chi connectivity index (χ1) is 17.3. The maximum Gasteiger partial charge on any atom is 0.319 e. The van der Waals surface area contributed by atoms with E-state index in [1.165, 1.54) is 10.4 Å². The average molecular weight is 501 g/mol. The van der Waals surface area contributed by atoms with Crippen LogP contribution in [0.15, 0.2) is 91.3 Å². The Morgan fingerprint density at radius 2 is 1.56 bits per heavy atom. The molecule has 0 saturated heterocycles. The van der Waals surface area contributed by atoms with Crippen LogP contribution in [0.3, 0.4) is 0 Å². The van der Waals surface area contributed by atoms with E-state index in [9.17, 15) is 5.11 Å². The summed E-state index contributed by atoms with van der Waals surface area (Å²) in [7, 11) is -2.67. The van der Waals surface area contributed by atoms with Gasteiger partial charge in [-0.1, -0.05) is 81.4 Å². The number of aryl methyl sites for hydroxylation is 2. The highest BCUT2D eigenvalue weighted by molar-refractivity contribution is 7.00. The van der Waals surface area contributed by atoms with Crippen molar-refractivity contribution in [1.29, 1.82) is 0 Å². The number of imidazole rings is 1. The molecular formula is C30H36N2O3Si. The normalized spacial score (nSPS) is 11.9. The molecule has 0 saturated carbocycles. The first-order valence-corrected chi connectivity index (χ1v) is 14.4. The van der Waals surface area contributed by atoms with Gasteiger partial charge in [0.25, 0.3) is 0 Å². The summed E-state index contributed by atoms with van der Waals surface area (Å²) in [5.74, 6) is 2.40. The SMILES string of the molecule is Cc1cc(O[Si](c2ccccc2)(c2ccccc2)C(C)(C)C)ccc1OCCCn1ccnc1CO. The summed E-state index contributed by atoms with van der Waals surface area (Å²) in [5.41, 5.74) is 1.05. The number of benzene rings is 3. The summed E-state index contributed by atoms with van der Waals surface area (Å²) in [4.78, 5) is 4.15. The van der Waals surface area contributed by atoms with E-state index in [-0.39, 0.29) is 11.6 Å². The lowest BCUT2D eigenvalue weighted by Gasteiger charge is -2.43. The predicted octanol–water partition coefficient (Wildman–Crippen LogP) is 5.09. The van der Waals surface area contributed by atoms with Gasteiger partial charge in [0.2, 0.25) is 0 Å². The Bertz CT molecular complexity index is 1210. The van der Waals surface area contributed by atoms with Crippen LogP contribution >= 0.6 is 0 Å². The number of hydrogen-bond donors (Lipinski definition) is 1. The van der Waals surface area contributed by atoms with Gasteiger partial charge >= 0.3 is 8.32 Å². The highest BCUT2D eigenvalue weighted by Crippen LogP contribution is 2.38. The van der Waals surface area contributed by atoms with E-state index < -0.39 is 8.32 Å². The quantitative estimate of drug-likeness (QED) is 0.243. The summed E-state index contributed by atoms with van der Waals surface area (Å²) in [6, 6.07) is 27.5. The van der Waals surface area contributed by atoms with Gasteiger partial charge in [-0.2, -0.15) is 0 Å². The van der Waals surface area contributed by atoms with E-state index in [2.05, 4.69) is 99.4 Å². The Labute approximate surface area is 215 Å². The molecule has 0 amide bonds. The molecule has 0 radical (unpaired) electrons. The van der Waals surface area contributed by atoms with E-state index in [4.69, 9.17) is 9.16 Å². The van der Waals surface area contributed by atoms with Crippen LogP contribution in [0.1, 0.15) is 38.6 Å². The van der Waals surface area contributed by atoms with Crippen molar-refractivity contribution in [3.8, 4) is 11.5 Å². The van der Waals surface area contributed by atoms with Crippen LogP contribution in [-0.2, 0) is 13.2 Å². The van der Waals surface area contributed by atoms with Crippen LogP contribution in [0.2, 0.25) is 5.04 Å². The fourth-order valence-corrected chi connectivity index (χ4v) is 9.20. The lowest BCUT2D eigenvalue weighted by Crippen LogP contribution is -2.68. The number of aliphatic hydroxyl groups is 1. The van der Waals surface area contributed by atoms with Crippen molar-refractivity contribution in [2.24, 2.45) is 0 Å². The zero-order valence-corrected chi connectivity index (χ0v) is 22.6. The fourth-order valence-electron chi connectivity index (χ4n) is 4.79. The third-order valence-corrected chi connectivity index (χ3v) is 11.5. The second kappa shape index (κ2) is 11.1. The lowest BCUT2D eigenvalue weighted by molar-refractivity contribution is 0.259. The second-order valence-electron chi connectivity index (χ2n) is 10.1. The van der Waals surface area contributed by atoms with Crippen LogP contribution in [0.5, 0.6) is 11.5 Å². The summed E-state index contributed by atoms with van der Waals surface area (Å²) in [6.45, 7) is 10.2. The summed E-state index contributed by atoms with van der Waals surface area (Å²) in [6.07, 6.45) is 4.41. The van der Waals surface area contributed by atoms with Gasteiger partial charge in [-0.15, -0.1) is 0 Å². The van der Waals surface area contributed by atoms with Crippen molar-refractivity contribution in [3.63, 3.8) is 0 Å². The van der Waals surface area contributed by atoms with E-state index in [1.54, 1.807) is 6.20 Å². The van der Waals surface area contributed by atoms with Crippen molar-refractivity contribution in [3.05, 3.63) is 103 Å². The second-order valence-corrected chi connectivity index (χ2v) is 14.3. The fraction of sp³-hybridized carbons (Fsp3) is 0.300. The number of aromatic nitrogens is 2. The molecule has 3 aromatic carbocycles. The maximum absolute atomic E-state index is 9.36. The third-order valence-electron chi connectivity index (χ3n) is 6.58. The monoisotopic (exact) mass is 500 g/mol. The molecule has 0 bridgehead atoms. The Kier molecular flexibility index (Phi) is 7.96. The molecule has 188 valence electrons. The molecule has 1 aromatic heterocycles. The largest absolute Gasteiger partial charge is 0.534 e. The zero-order valence-electron chi connectivity index (χ0n) is 21.6. The number of rotatable bonds is 10. The first-order valence-electron chi connectivity index (χ1n) is 12.5. The smallest absolute Gasteiger partial charge is 0.319 e. The van der Waals surface area contributed by atoms with Crippen LogP contribution in [0.25, 0.3) is 0 Å². The maximum atomic E-state index is 9.36. The van der Waals surface area contributed by atoms with Gasteiger partial charge in [0.1, 0.15) is 23.9 Å². The molecule has 4 aromatic rings. The standard InChI is InChI=1S/C30H36N2O3Si/c1-24-22-25(16-17-28(24)34-21-11-19-32-20-18-31-29(32)23-33)35-36(30(2,3)4,26-12-7-5-8-13-26)27-14-9-6-10-15-27/h5-10,12-18,20,22,33H,11,19,21,23H2,1-4H3. The Balaban J connectivity index is 1.56. The minimum absolute atomic E-state index is 0.0558. The van der Waals surface area contributed by atoms with E-state index in [0.29, 0.717) is 12.4 Å². The molecule has 0 spiro atoms. The minimum Gasteiger partial charge on any atom is -0.534 e. The van der Waals surface area contributed by atoms with Crippen molar-refractivity contribution >= 4 is 18.7 Å². The molecule has 6 heteroatoms. The molecular weight excluding hydrogens is 464 g/mol. The van der Waals surface area contributed by atoms with Crippen molar-refractivity contribution in [1.82, 2.24) is 9.55 Å². The Morgan fingerprint density at radius 1 is 0.917 bits per heavy atom. The summed E-state index contributed by atoms with van der Waals surface area (Å²) >= 11 is 0. The molecule has 0 aliphatic heterocycles. The van der Waals surface area contributed by atoms with E-state index in [0.717, 1.165) is 30.0 Å². The van der Waals surface area contributed by atoms with Crippen LogP contribution < -0.4 is 19.5 Å². The van der Waals surface area contributed by atoms with Crippen LogP contribution in [0.4, 0.5) is 0 Å². The number of aliphatic hydroxyl groups excluding tert-OH is 1. The molecule has 0 aliphatic carbocycles. The van der Waals surface area contributed by atoms with Gasteiger partial charge in [0.15, 0.2) is 0 Å². The van der Waals surface area contributed by atoms with Crippen molar-refractivity contribution < 1.29 is 14.3 Å². The molecule has 0 atom stereocenters. The van der Waals surface area contributed by atoms with Gasteiger partial charge in [-0.25, -0.2) is 4.98 Å². The van der Waals surface area contributed by atoms with E-state index in [1.807, 2.05) is 22.9 Å². The molecule has 4 rings (SSSR count). The first kappa shape index (κ1) is 25.7. The van der Waals surface area contributed by atoms with Gasteiger partial charge in [-0.3, -0.25) is 0 Å². The number of ether oxygens (including phenoxy) is 1. The van der Waals surface area contributed by atoms with Gasteiger partial charge in [0, 0.05) is 18.9 Å². The Hall–Kier alpha value is -3.35. The van der Waals surface area contributed by atoms with Gasteiger partial charge in [-0.05, 0) is 52.5 Å². The summed E-state index contributed by atoms with van der Waals surface area (Å²) in [5, 5.41) is 11.8. The number of nitrogens with zero attached hydrogens (tertiary/aromatic N) is 2. The van der Waals surface area contributed by atoms with Crippen LogP contribution in [0, 0.1) is 6.92 Å². The topological polar surface area (TPSA) is 56.5 Å². The minimum atomic E-state index is -2.67. The van der Waals surface area contributed by atoms with E-state index >= 15 is 0 Å². The zero-order chi connectivity index (χ0) is 25.6. The average Bonchev–Trinajstić information content (AvgIpc) is 3.34. The predicted molar refractivity (Wildman–Crippen MR) is 148 cm³/mol. The highest BCUT2D eigenvalue weighted by Gasteiger charge is 2.52. The molecule has 36 heavy (non-hydrogen) atoms. The highest BCUT2D eigenvalue weighted by atomic mass is 28.4. The molecule has 1 heterocycles. The van der Waals surface area contributed by atoms with Crippen molar-refractivity contribution in [2.75, 3.05) is 6.61 Å². The number of hydrogen-bond acceptors (Lipinski definition) is 4. The van der Waals surface area contributed by atoms with Crippen LogP contribution in [-0.4, -0.2) is 29.6 Å². The molecule has 0 fully saturated rings. The molecule has 0 unspecified atom stereocenters. The molecule has 5 nitrogen and oxygen atoms in total. The Morgan fingerprint density at radius 3 is 2.11 bits per heavy atom. The van der Waals surface area contributed by atoms with Crippen molar-refractivity contribution in [2.45, 2.75) is 52.3 Å². The van der Waals surface area contributed by atoms with Gasteiger partial charge < -0.3 is 18.8 Å². The third kappa shape index (κ3) is 5.40.